The van der Waals surface area contributed by atoms with Gasteiger partial charge in [0, 0.05) is 13.1 Å². The smallest absolute Gasteiger partial charge is 0.273 e. The van der Waals surface area contributed by atoms with Crippen LogP contribution in [0.1, 0.15) is 51.6 Å². The van der Waals surface area contributed by atoms with Crippen molar-refractivity contribution in [3.8, 4) is 11.5 Å². The number of aromatic nitrogens is 1. The summed E-state index contributed by atoms with van der Waals surface area (Å²) >= 11 is 0. The number of nitrogens with zero attached hydrogens (tertiary/aromatic N) is 2. The lowest BCUT2D eigenvalue weighted by atomic mass is 10.1. The molecule has 36 heavy (non-hydrogen) atoms. The van der Waals surface area contributed by atoms with E-state index in [4.69, 9.17) is 13.9 Å². The summed E-state index contributed by atoms with van der Waals surface area (Å²) in [6, 6.07) is 24.1. The summed E-state index contributed by atoms with van der Waals surface area (Å²) < 4.78 is 16.7. The minimum absolute atomic E-state index is 0.136. The topological polar surface area (TPSA) is 76.8 Å². The molecule has 1 aromatic heterocycles. The summed E-state index contributed by atoms with van der Waals surface area (Å²) in [5, 5.41) is 2.99. The lowest BCUT2D eigenvalue weighted by Gasteiger charge is -2.21. The van der Waals surface area contributed by atoms with E-state index in [0.717, 1.165) is 22.6 Å². The number of benzene rings is 3. The zero-order chi connectivity index (χ0) is 24.9. The molecule has 184 valence electrons. The van der Waals surface area contributed by atoms with Gasteiger partial charge in [-0.15, -0.1) is 0 Å². The Morgan fingerprint density at radius 1 is 0.944 bits per heavy atom. The SMILES string of the molecule is Cc1cccc(CN(Cc2ccc3c(c2)OCO3)Cc2nc(C(=O)N[C@@H](C)c3ccccc3)co2)c1. The van der Waals surface area contributed by atoms with Gasteiger partial charge in [-0.05, 0) is 42.7 Å². The zero-order valence-electron chi connectivity index (χ0n) is 20.4. The van der Waals surface area contributed by atoms with Crippen LogP contribution in [0.4, 0.5) is 0 Å². The third-order valence-corrected chi connectivity index (χ3v) is 6.12. The molecule has 5 rings (SSSR count). The Labute approximate surface area is 210 Å². The highest BCUT2D eigenvalue weighted by Crippen LogP contribution is 2.33. The molecule has 0 spiro atoms. The zero-order valence-corrected chi connectivity index (χ0v) is 20.4. The van der Waals surface area contributed by atoms with Crippen molar-refractivity contribution >= 4 is 5.91 Å². The van der Waals surface area contributed by atoms with Crippen LogP contribution in [0, 0.1) is 6.92 Å². The molecule has 1 N–H and O–H groups in total. The first-order chi connectivity index (χ1) is 17.5. The molecule has 1 aliphatic rings. The van der Waals surface area contributed by atoms with Crippen LogP contribution in [0.2, 0.25) is 0 Å². The first-order valence-electron chi connectivity index (χ1n) is 12.0. The molecule has 0 fully saturated rings. The lowest BCUT2D eigenvalue weighted by Crippen LogP contribution is -2.27. The third kappa shape index (κ3) is 5.75. The monoisotopic (exact) mass is 483 g/mol. The molecular weight excluding hydrogens is 454 g/mol. The first-order valence-corrected chi connectivity index (χ1v) is 12.0. The summed E-state index contributed by atoms with van der Waals surface area (Å²) in [7, 11) is 0. The van der Waals surface area contributed by atoms with E-state index in [9.17, 15) is 4.79 Å². The van der Waals surface area contributed by atoms with Gasteiger partial charge in [0.1, 0.15) is 6.26 Å². The molecule has 3 aromatic carbocycles. The number of ether oxygens (including phenoxy) is 2. The highest BCUT2D eigenvalue weighted by atomic mass is 16.7. The van der Waals surface area contributed by atoms with Crippen molar-refractivity contribution in [2.45, 2.75) is 39.5 Å². The Morgan fingerprint density at radius 3 is 2.53 bits per heavy atom. The van der Waals surface area contributed by atoms with Gasteiger partial charge in [0.2, 0.25) is 12.7 Å². The Morgan fingerprint density at radius 2 is 1.72 bits per heavy atom. The number of fused-ring (bicyclic) bond motifs is 1. The largest absolute Gasteiger partial charge is 0.454 e. The number of carbonyl (C=O) groups is 1. The fraction of sp³-hybridized carbons (Fsp3) is 0.241. The molecule has 1 aliphatic heterocycles. The lowest BCUT2D eigenvalue weighted by molar-refractivity contribution is 0.0934. The van der Waals surface area contributed by atoms with Crippen molar-refractivity contribution in [1.29, 1.82) is 0 Å². The second kappa shape index (κ2) is 10.7. The van der Waals surface area contributed by atoms with Gasteiger partial charge in [0.05, 0.1) is 12.6 Å². The van der Waals surface area contributed by atoms with Crippen LogP contribution in [0.3, 0.4) is 0 Å². The van der Waals surface area contributed by atoms with Crippen molar-refractivity contribution < 1.29 is 18.7 Å². The van der Waals surface area contributed by atoms with Crippen LogP contribution in [-0.4, -0.2) is 22.6 Å². The highest BCUT2D eigenvalue weighted by Gasteiger charge is 2.19. The average Bonchev–Trinajstić information content (AvgIpc) is 3.54. The second-order valence-corrected chi connectivity index (χ2v) is 9.05. The predicted octanol–water partition coefficient (Wildman–Crippen LogP) is 5.41. The van der Waals surface area contributed by atoms with Crippen LogP contribution in [-0.2, 0) is 19.6 Å². The van der Waals surface area contributed by atoms with E-state index < -0.39 is 0 Å². The van der Waals surface area contributed by atoms with E-state index >= 15 is 0 Å². The van der Waals surface area contributed by atoms with Gasteiger partial charge in [-0.1, -0.05) is 66.2 Å². The normalized spacial score (nSPS) is 13.1. The van der Waals surface area contributed by atoms with Crippen LogP contribution in [0.5, 0.6) is 11.5 Å². The minimum Gasteiger partial charge on any atom is -0.454 e. The predicted molar refractivity (Wildman–Crippen MR) is 136 cm³/mol. The maximum Gasteiger partial charge on any atom is 0.273 e. The van der Waals surface area contributed by atoms with Crippen LogP contribution in [0.25, 0.3) is 0 Å². The number of rotatable bonds is 9. The van der Waals surface area contributed by atoms with E-state index in [1.165, 1.54) is 17.4 Å². The summed E-state index contributed by atoms with van der Waals surface area (Å²) in [5.41, 5.74) is 4.79. The molecule has 2 heterocycles. The quantitative estimate of drug-likeness (QED) is 0.343. The van der Waals surface area contributed by atoms with Crippen molar-refractivity contribution in [3.05, 3.63) is 113 Å². The Kier molecular flexibility index (Phi) is 7.00. The van der Waals surface area contributed by atoms with E-state index in [1.807, 2.05) is 55.5 Å². The van der Waals surface area contributed by atoms with Gasteiger partial charge in [0.15, 0.2) is 17.2 Å². The van der Waals surface area contributed by atoms with Gasteiger partial charge in [-0.3, -0.25) is 9.69 Å². The number of nitrogens with one attached hydrogen (secondary N) is 1. The van der Waals surface area contributed by atoms with Crippen LogP contribution in [0.15, 0.2) is 83.5 Å². The number of amides is 1. The van der Waals surface area contributed by atoms with Crippen LogP contribution < -0.4 is 14.8 Å². The highest BCUT2D eigenvalue weighted by molar-refractivity contribution is 5.92. The number of aryl methyl sites for hydroxylation is 1. The molecule has 0 bridgehead atoms. The fourth-order valence-electron chi connectivity index (χ4n) is 4.31. The van der Waals surface area contributed by atoms with E-state index in [-0.39, 0.29) is 24.4 Å². The van der Waals surface area contributed by atoms with Crippen molar-refractivity contribution in [3.63, 3.8) is 0 Å². The average molecular weight is 484 g/mol. The molecule has 4 aromatic rings. The molecule has 1 atom stereocenters. The second-order valence-electron chi connectivity index (χ2n) is 9.05. The number of hydrogen-bond donors (Lipinski definition) is 1. The van der Waals surface area contributed by atoms with E-state index in [1.54, 1.807) is 0 Å². The Hall–Kier alpha value is -4.10. The third-order valence-electron chi connectivity index (χ3n) is 6.12. The molecule has 0 saturated heterocycles. The number of oxazole rings is 1. The summed E-state index contributed by atoms with van der Waals surface area (Å²) in [6.45, 7) is 6.08. The molecular formula is C29H29N3O4. The van der Waals surface area contributed by atoms with E-state index in [0.29, 0.717) is 25.5 Å². The molecule has 0 radical (unpaired) electrons. The summed E-state index contributed by atoms with van der Waals surface area (Å²) in [4.78, 5) is 19.5. The molecule has 0 unspecified atom stereocenters. The van der Waals surface area contributed by atoms with Gasteiger partial charge < -0.3 is 19.2 Å². The molecule has 0 aliphatic carbocycles. The van der Waals surface area contributed by atoms with Gasteiger partial charge in [-0.2, -0.15) is 0 Å². The molecule has 0 saturated carbocycles. The molecule has 1 amide bonds. The van der Waals surface area contributed by atoms with Gasteiger partial charge >= 0.3 is 0 Å². The Bertz CT molecular complexity index is 1340. The first kappa shape index (κ1) is 23.6. The van der Waals surface area contributed by atoms with Crippen LogP contribution >= 0.6 is 0 Å². The van der Waals surface area contributed by atoms with Crippen molar-refractivity contribution in [2.75, 3.05) is 6.79 Å². The summed E-state index contributed by atoms with van der Waals surface area (Å²) in [5.74, 6) is 1.74. The van der Waals surface area contributed by atoms with Crippen molar-refractivity contribution in [2.24, 2.45) is 0 Å². The number of hydrogen-bond acceptors (Lipinski definition) is 6. The molecule has 7 nitrogen and oxygen atoms in total. The van der Waals surface area contributed by atoms with Gasteiger partial charge in [0.25, 0.3) is 5.91 Å². The maximum atomic E-state index is 12.8. The standard InChI is InChI=1S/C29H29N3O4/c1-20-7-6-8-22(13-20)15-32(16-23-11-12-26-27(14-23)36-19-35-26)17-28-31-25(18-34-28)29(33)30-21(2)24-9-4-3-5-10-24/h3-14,18,21H,15-17,19H2,1-2H3,(H,30,33)/t21-/m0/s1. The summed E-state index contributed by atoms with van der Waals surface area (Å²) in [6.07, 6.45) is 1.42. The number of carbonyl (C=O) groups excluding carboxylic acids is 1. The van der Waals surface area contributed by atoms with Gasteiger partial charge in [-0.25, -0.2) is 4.98 Å². The molecule has 7 heteroatoms. The van der Waals surface area contributed by atoms with E-state index in [2.05, 4.69) is 46.4 Å². The Balaban J connectivity index is 1.30. The van der Waals surface area contributed by atoms with Crippen molar-refractivity contribution in [1.82, 2.24) is 15.2 Å². The fourth-order valence-corrected chi connectivity index (χ4v) is 4.31. The maximum absolute atomic E-state index is 12.8. The minimum atomic E-state index is -0.262.